The highest BCUT2D eigenvalue weighted by atomic mass is 16.7. The normalized spacial score (nSPS) is 26.3. The van der Waals surface area contributed by atoms with Crippen molar-refractivity contribution in [3.05, 3.63) is 47.7 Å². The van der Waals surface area contributed by atoms with E-state index in [1.807, 2.05) is 6.08 Å². The van der Waals surface area contributed by atoms with Crippen LogP contribution in [0.2, 0.25) is 0 Å². The molecule has 2 atom stereocenters. The minimum Gasteiger partial charge on any atom is -0.346 e. The number of para-hydroxylation sites is 1. The smallest absolute Gasteiger partial charge is 0.0943 e. The predicted octanol–water partition coefficient (Wildman–Crippen LogP) is 1.91. The number of hydrogen-bond donors (Lipinski definition) is 1. The van der Waals surface area contributed by atoms with E-state index in [1.165, 1.54) is 22.2 Å². The molecule has 0 bridgehead atoms. The Balaban J connectivity index is 1.96. The van der Waals surface area contributed by atoms with Crippen LogP contribution in [0.4, 0.5) is 0 Å². The topological polar surface area (TPSA) is 43.4 Å². The van der Waals surface area contributed by atoms with Gasteiger partial charge < -0.3 is 10.3 Å². The van der Waals surface area contributed by atoms with E-state index in [-0.39, 0.29) is 12.1 Å². The molecule has 104 valence electrons. The highest BCUT2D eigenvalue weighted by Crippen LogP contribution is 2.38. The minimum absolute atomic E-state index is 0.0282. The summed E-state index contributed by atoms with van der Waals surface area (Å²) < 4.78 is 2.28. The predicted molar refractivity (Wildman–Crippen MR) is 79.1 cm³/mol. The van der Waals surface area contributed by atoms with E-state index < -0.39 is 0 Å². The third kappa shape index (κ3) is 1.59. The monoisotopic (exact) mass is 269 g/mol. The van der Waals surface area contributed by atoms with Crippen LogP contribution in [-0.4, -0.2) is 28.8 Å². The summed E-state index contributed by atoms with van der Waals surface area (Å²) in [5.41, 5.74) is 10.4. The SMILES string of the molecule is Cn1c2c(c3ccccc31)CCN1OCC=C[C@H](N)[C@@H]21. The number of benzene rings is 1. The van der Waals surface area contributed by atoms with Gasteiger partial charge >= 0.3 is 0 Å². The lowest BCUT2D eigenvalue weighted by atomic mass is 9.94. The fourth-order valence-corrected chi connectivity index (χ4v) is 3.60. The average molecular weight is 269 g/mol. The molecule has 20 heavy (non-hydrogen) atoms. The molecule has 0 saturated heterocycles. The first-order valence-corrected chi connectivity index (χ1v) is 7.15. The van der Waals surface area contributed by atoms with Crippen molar-refractivity contribution < 1.29 is 4.84 Å². The summed E-state index contributed by atoms with van der Waals surface area (Å²) >= 11 is 0. The summed E-state index contributed by atoms with van der Waals surface area (Å²) in [5.74, 6) is 0. The molecular formula is C16H19N3O. The molecule has 1 aromatic heterocycles. The maximum Gasteiger partial charge on any atom is 0.0943 e. The Hall–Kier alpha value is -1.62. The molecule has 2 aromatic rings. The van der Waals surface area contributed by atoms with E-state index in [1.54, 1.807) is 0 Å². The molecule has 4 heteroatoms. The third-order valence-electron chi connectivity index (χ3n) is 4.49. The Morgan fingerprint density at radius 2 is 2.15 bits per heavy atom. The molecule has 4 nitrogen and oxygen atoms in total. The number of hydrogen-bond acceptors (Lipinski definition) is 3. The maximum atomic E-state index is 6.37. The number of aromatic nitrogens is 1. The van der Waals surface area contributed by atoms with E-state index in [2.05, 4.69) is 47.0 Å². The zero-order valence-corrected chi connectivity index (χ0v) is 11.6. The fourth-order valence-electron chi connectivity index (χ4n) is 3.60. The molecule has 2 aliphatic heterocycles. The third-order valence-corrected chi connectivity index (χ3v) is 4.49. The van der Waals surface area contributed by atoms with Crippen molar-refractivity contribution >= 4 is 10.9 Å². The van der Waals surface area contributed by atoms with Gasteiger partial charge in [0.2, 0.25) is 0 Å². The van der Waals surface area contributed by atoms with Gasteiger partial charge in [0, 0.05) is 36.2 Å². The van der Waals surface area contributed by atoms with Crippen molar-refractivity contribution in [3.63, 3.8) is 0 Å². The highest BCUT2D eigenvalue weighted by molar-refractivity contribution is 5.86. The summed E-state index contributed by atoms with van der Waals surface area (Å²) in [5, 5.41) is 3.41. The number of nitrogens with two attached hydrogens (primary N) is 1. The van der Waals surface area contributed by atoms with Gasteiger partial charge in [-0.25, -0.2) is 0 Å². The molecule has 1 aromatic carbocycles. The van der Waals surface area contributed by atoms with Gasteiger partial charge in [0.15, 0.2) is 0 Å². The van der Waals surface area contributed by atoms with Crippen molar-refractivity contribution in [3.8, 4) is 0 Å². The molecule has 0 amide bonds. The van der Waals surface area contributed by atoms with Gasteiger partial charge in [0.1, 0.15) is 0 Å². The summed E-state index contributed by atoms with van der Waals surface area (Å²) in [7, 11) is 2.13. The Kier molecular flexibility index (Phi) is 2.70. The number of fused-ring (bicyclic) bond motifs is 5. The lowest BCUT2D eigenvalue weighted by molar-refractivity contribution is -0.182. The average Bonchev–Trinajstić information content (AvgIpc) is 2.64. The molecule has 0 aliphatic carbocycles. The summed E-state index contributed by atoms with van der Waals surface area (Å²) in [6.07, 6.45) is 5.10. The fraction of sp³-hybridized carbons (Fsp3) is 0.375. The largest absolute Gasteiger partial charge is 0.346 e. The molecule has 0 unspecified atom stereocenters. The van der Waals surface area contributed by atoms with Crippen molar-refractivity contribution in [1.29, 1.82) is 0 Å². The summed E-state index contributed by atoms with van der Waals surface area (Å²) in [6, 6.07) is 8.67. The second kappa shape index (κ2) is 4.45. The lowest BCUT2D eigenvalue weighted by Crippen LogP contribution is -2.43. The molecule has 0 fully saturated rings. The second-order valence-corrected chi connectivity index (χ2v) is 5.58. The van der Waals surface area contributed by atoms with Gasteiger partial charge in [-0.05, 0) is 18.1 Å². The number of rotatable bonds is 0. The molecule has 0 saturated carbocycles. The quantitative estimate of drug-likeness (QED) is 0.743. The minimum atomic E-state index is -0.0282. The van der Waals surface area contributed by atoms with E-state index in [9.17, 15) is 0 Å². The lowest BCUT2D eigenvalue weighted by Gasteiger charge is -2.36. The van der Waals surface area contributed by atoms with Crippen LogP contribution >= 0.6 is 0 Å². The van der Waals surface area contributed by atoms with Crippen molar-refractivity contribution in [2.45, 2.75) is 18.5 Å². The van der Waals surface area contributed by atoms with Gasteiger partial charge in [0.05, 0.1) is 12.6 Å². The van der Waals surface area contributed by atoms with Gasteiger partial charge in [-0.1, -0.05) is 30.4 Å². The molecule has 0 spiro atoms. The van der Waals surface area contributed by atoms with Crippen molar-refractivity contribution in [2.24, 2.45) is 12.8 Å². The van der Waals surface area contributed by atoms with E-state index in [4.69, 9.17) is 10.6 Å². The van der Waals surface area contributed by atoms with Crippen LogP contribution in [-0.2, 0) is 18.3 Å². The Morgan fingerprint density at radius 3 is 3.05 bits per heavy atom. The van der Waals surface area contributed by atoms with Crippen LogP contribution < -0.4 is 5.73 Å². The molecule has 2 aliphatic rings. The first-order valence-electron chi connectivity index (χ1n) is 7.15. The maximum absolute atomic E-state index is 6.37. The van der Waals surface area contributed by atoms with Gasteiger partial charge in [-0.15, -0.1) is 0 Å². The second-order valence-electron chi connectivity index (χ2n) is 5.58. The number of aryl methyl sites for hydroxylation is 1. The van der Waals surface area contributed by atoms with Crippen LogP contribution in [0, 0.1) is 0 Å². The zero-order valence-electron chi connectivity index (χ0n) is 11.6. The Morgan fingerprint density at radius 1 is 1.30 bits per heavy atom. The highest BCUT2D eigenvalue weighted by Gasteiger charge is 2.36. The van der Waals surface area contributed by atoms with Crippen molar-refractivity contribution in [1.82, 2.24) is 9.63 Å². The first-order chi connectivity index (χ1) is 9.77. The Labute approximate surface area is 118 Å². The zero-order chi connectivity index (χ0) is 13.7. The molecule has 0 radical (unpaired) electrons. The van der Waals surface area contributed by atoms with E-state index in [0.717, 1.165) is 13.0 Å². The van der Waals surface area contributed by atoms with E-state index >= 15 is 0 Å². The molecular weight excluding hydrogens is 250 g/mol. The molecule has 4 rings (SSSR count). The van der Waals surface area contributed by atoms with Crippen molar-refractivity contribution in [2.75, 3.05) is 13.2 Å². The van der Waals surface area contributed by atoms with Crippen LogP contribution in [0.15, 0.2) is 36.4 Å². The van der Waals surface area contributed by atoms with Gasteiger partial charge in [0.25, 0.3) is 0 Å². The standard InChI is InChI=1S/C16H19N3O/c1-18-14-7-3-2-5-11(14)12-8-9-19-16(15(12)18)13(17)6-4-10-20-19/h2-7,13,16H,8-10,17H2,1H3/t13-,16-/m0/s1. The summed E-state index contributed by atoms with van der Waals surface area (Å²) in [6.45, 7) is 1.52. The van der Waals surface area contributed by atoms with Crippen LogP contribution in [0.3, 0.4) is 0 Å². The van der Waals surface area contributed by atoms with Gasteiger partial charge in [-0.2, -0.15) is 5.06 Å². The molecule has 2 N–H and O–H groups in total. The van der Waals surface area contributed by atoms with Gasteiger partial charge in [-0.3, -0.25) is 4.84 Å². The summed E-state index contributed by atoms with van der Waals surface area (Å²) in [4.78, 5) is 5.84. The number of hydroxylamine groups is 2. The van der Waals surface area contributed by atoms with E-state index in [0.29, 0.717) is 6.61 Å². The number of nitrogens with zero attached hydrogens (tertiary/aromatic N) is 2. The van der Waals surface area contributed by atoms with Crippen LogP contribution in [0.25, 0.3) is 10.9 Å². The van der Waals surface area contributed by atoms with Crippen LogP contribution in [0.5, 0.6) is 0 Å². The molecule has 3 heterocycles. The first kappa shape index (κ1) is 12.1. The Bertz CT molecular complexity index is 688. The van der Waals surface area contributed by atoms with Crippen LogP contribution in [0.1, 0.15) is 17.3 Å².